The minimum Gasteiger partial charge on any atom is -0.483 e. The number of hydrogen-bond donors (Lipinski definition) is 0. The van der Waals surface area contributed by atoms with Crippen LogP contribution in [0.2, 0.25) is 0 Å². The molecule has 0 aliphatic carbocycles. The molecule has 0 amide bonds. The van der Waals surface area contributed by atoms with Crippen LogP contribution in [0.15, 0.2) is 48.5 Å². The van der Waals surface area contributed by atoms with Gasteiger partial charge < -0.3 is 14.2 Å². The molecule has 35 heavy (non-hydrogen) atoms. The molecule has 7 nitrogen and oxygen atoms in total. The summed E-state index contributed by atoms with van der Waals surface area (Å²) in [5, 5.41) is 4.19. The van der Waals surface area contributed by atoms with Gasteiger partial charge in [0.15, 0.2) is 12.3 Å². The Kier molecular flexibility index (Phi) is 7.08. The van der Waals surface area contributed by atoms with E-state index in [9.17, 15) is 35.9 Å². The Morgan fingerprint density at radius 1 is 0.914 bits per heavy atom. The largest absolute Gasteiger partial charge is 0.483 e. The molecule has 0 unspecified atom stereocenters. The third-order valence-electron chi connectivity index (χ3n) is 4.61. The van der Waals surface area contributed by atoms with E-state index in [0.717, 1.165) is 25.0 Å². The number of methoxy groups -OCH3 is 2. The molecule has 3 aromatic rings. The maximum absolute atomic E-state index is 13.4. The van der Waals surface area contributed by atoms with Gasteiger partial charge in [-0.2, -0.15) is 31.4 Å². The van der Waals surface area contributed by atoms with E-state index in [1.54, 1.807) is 18.2 Å². The molecular weight excluding hydrogens is 486 g/mol. The number of esters is 2. The molecule has 186 valence electrons. The predicted molar refractivity (Wildman–Crippen MR) is 108 cm³/mol. The highest BCUT2D eigenvalue weighted by Gasteiger charge is 2.37. The molecule has 13 heteroatoms. The number of aromatic nitrogens is 2. The van der Waals surface area contributed by atoms with Crippen LogP contribution in [0.5, 0.6) is 5.75 Å². The number of carbonyl (C=O) groups is 2. The van der Waals surface area contributed by atoms with Crippen molar-refractivity contribution in [2.24, 2.45) is 0 Å². The van der Waals surface area contributed by atoms with Gasteiger partial charge in [-0.05, 0) is 24.3 Å². The molecule has 0 aliphatic rings. The van der Waals surface area contributed by atoms with Crippen LogP contribution in [0.4, 0.5) is 26.3 Å². The Balaban J connectivity index is 2.30. The predicted octanol–water partition coefficient (Wildman–Crippen LogP) is 5.07. The number of ether oxygens (including phenoxy) is 3. The van der Waals surface area contributed by atoms with E-state index < -0.39 is 53.5 Å². The molecule has 0 bridgehead atoms. The van der Waals surface area contributed by atoms with Crippen LogP contribution in [-0.2, 0) is 15.7 Å². The Morgan fingerprint density at radius 2 is 1.54 bits per heavy atom. The summed E-state index contributed by atoms with van der Waals surface area (Å²) in [6, 6.07) is 9.92. The van der Waals surface area contributed by atoms with Gasteiger partial charge in [-0.3, -0.25) is 0 Å². The van der Waals surface area contributed by atoms with Gasteiger partial charge in [0.05, 0.1) is 25.5 Å². The SMILES string of the molecule is COC(=O)c1c(-c2ccc(C(F)(F)F)c(OCC(F)(F)F)c2)nn(-c2ccccc2)c1C(=O)OC. The molecule has 1 aromatic heterocycles. The second-order valence-electron chi connectivity index (χ2n) is 6.92. The van der Waals surface area contributed by atoms with E-state index in [4.69, 9.17) is 9.47 Å². The molecule has 0 saturated carbocycles. The first-order valence-electron chi connectivity index (χ1n) is 9.63. The summed E-state index contributed by atoms with van der Waals surface area (Å²) in [5.41, 5.74) is -2.64. The Morgan fingerprint density at radius 3 is 2.09 bits per heavy atom. The molecule has 2 aromatic carbocycles. The normalized spacial score (nSPS) is 11.8. The fraction of sp³-hybridized carbons (Fsp3) is 0.227. The molecular formula is C22H16F6N2O5. The molecule has 0 saturated heterocycles. The fourth-order valence-electron chi connectivity index (χ4n) is 3.14. The van der Waals surface area contributed by atoms with Gasteiger partial charge in [-0.1, -0.05) is 24.3 Å². The maximum atomic E-state index is 13.4. The van der Waals surface area contributed by atoms with Crippen LogP contribution < -0.4 is 4.74 Å². The van der Waals surface area contributed by atoms with E-state index in [2.05, 4.69) is 9.84 Å². The zero-order valence-corrected chi connectivity index (χ0v) is 18.0. The number of benzene rings is 2. The van der Waals surface area contributed by atoms with Crippen molar-refractivity contribution < 1.29 is 50.1 Å². The van der Waals surface area contributed by atoms with Crippen molar-refractivity contribution in [2.45, 2.75) is 12.4 Å². The second kappa shape index (κ2) is 9.68. The standard InChI is InChI=1S/C22H16F6N2O5/c1-33-19(31)16-17(29-30(18(16)20(32)34-2)13-6-4-3-5-7-13)12-8-9-14(22(26,27)28)15(10-12)35-11-21(23,24)25/h3-10H,11H2,1-2H3. The maximum Gasteiger partial charge on any atom is 0.422 e. The molecule has 3 rings (SSSR count). The van der Waals surface area contributed by atoms with Crippen LogP contribution in [0.25, 0.3) is 16.9 Å². The third kappa shape index (κ3) is 5.55. The lowest BCUT2D eigenvalue weighted by molar-refractivity contribution is -0.158. The minimum absolute atomic E-state index is 0.240. The van der Waals surface area contributed by atoms with E-state index in [1.165, 1.54) is 12.1 Å². The Labute approximate surface area is 193 Å². The molecule has 0 fully saturated rings. The van der Waals surface area contributed by atoms with Crippen molar-refractivity contribution >= 4 is 11.9 Å². The van der Waals surface area contributed by atoms with E-state index in [1.807, 2.05) is 0 Å². The summed E-state index contributed by atoms with van der Waals surface area (Å²) >= 11 is 0. The monoisotopic (exact) mass is 502 g/mol. The first-order chi connectivity index (χ1) is 16.4. The van der Waals surface area contributed by atoms with Crippen molar-refractivity contribution in [3.8, 4) is 22.7 Å². The number of alkyl halides is 6. The zero-order valence-electron chi connectivity index (χ0n) is 18.0. The van der Waals surface area contributed by atoms with Crippen molar-refractivity contribution in [3.05, 3.63) is 65.4 Å². The lowest BCUT2D eigenvalue weighted by atomic mass is 10.0. The average Bonchev–Trinajstić information content (AvgIpc) is 3.21. The number of halogens is 6. The number of carbonyl (C=O) groups excluding carboxylic acids is 2. The smallest absolute Gasteiger partial charge is 0.422 e. The summed E-state index contributed by atoms with van der Waals surface area (Å²) in [6.07, 6.45) is -9.95. The minimum atomic E-state index is -5.04. The summed E-state index contributed by atoms with van der Waals surface area (Å²) in [7, 11) is 2.03. The highest BCUT2D eigenvalue weighted by Crippen LogP contribution is 2.40. The Bertz CT molecular complexity index is 1240. The van der Waals surface area contributed by atoms with Gasteiger partial charge in [0.1, 0.15) is 17.0 Å². The fourth-order valence-corrected chi connectivity index (χ4v) is 3.14. The summed E-state index contributed by atoms with van der Waals surface area (Å²) in [5.74, 6) is -3.24. The van der Waals surface area contributed by atoms with Crippen LogP contribution in [0, 0.1) is 0 Å². The number of hydrogen-bond acceptors (Lipinski definition) is 6. The molecule has 0 spiro atoms. The van der Waals surface area contributed by atoms with E-state index >= 15 is 0 Å². The highest BCUT2D eigenvalue weighted by atomic mass is 19.4. The van der Waals surface area contributed by atoms with Crippen LogP contribution in [-0.4, -0.2) is 48.7 Å². The van der Waals surface area contributed by atoms with Crippen molar-refractivity contribution in [2.75, 3.05) is 20.8 Å². The van der Waals surface area contributed by atoms with Gasteiger partial charge in [0, 0.05) is 5.56 Å². The van der Waals surface area contributed by atoms with Gasteiger partial charge in [-0.15, -0.1) is 0 Å². The number of nitrogens with zero attached hydrogens (tertiary/aromatic N) is 2. The van der Waals surface area contributed by atoms with Crippen molar-refractivity contribution in [1.29, 1.82) is 0 Å². The number of para-hydroxylation sites is 1. The molecule has 0 atom stereocenters. The summed E-state index contributed by atoms with van der Waals surface area (Å²) in [4.78, 5) is 25.2. The lowest BCUT2D eigenvalue weighted by Gasteiger charge is -2.16. The molecule has 1 heterocycles. The average molecular weight is 502 g/mol. The summed E-state index contributed by atoms with van der Waals surface area (Å²) < 4.78 is 93.0. The van der Waals surface area contributed by atoms with Gasteiger partial charge in [0.2, 0.25) is 0 Å². The number of rotatable bonds is 6. The van der Waals surface area contributed by atoms with Gasteiger partial charge in [-0.25, -0.2) is 14.3 Å². The third-order valence-corrected chi connectivity index (χ3v) is 4.61. The van der Waals surface area contributed by atoms with Crippen LogP contribution >= 0.6 is 0 Å². The quantitative estimate of drug-likeness (QED) is 0.346. The topological polar surface area (TPSA) is 79.7 Å². The zero-order chi connectivity index (χ0) is 26.0. The molecule has 0 aliphatic heterocycles. The second-order valence-corrected chi connectivity index (χ2v) is 6.92. The first kappa shape index (κ1) is 25.6. The highest BCUT2D eigenvalue weighted by molar-refractivity contribution is 6.06. The summed E-state index contributed by atoms with van der Waals surface area (Å²) in [6.45, 7) is -1.99. The van der Waals surface area contributed by atoms with Crippen LogP contribution in [0.3, 0.4) is 0 Å². The van der Waals surface area contributed by atoms with Crippen molar-refractivity contribution in [1.82, 2.24) is 9.78 Å². The molecule has 0 radical (unpaired) electrons. The lowest BCUT2D eigenvalue weighted by Crippen LogP contribution is -2.21. The van der Waals surface area contributed by atoms with Crippen molar-refractivity contribution in [3.63, 3.8) is 0 Å². The van der Waals surface area contributed by atoms with Gasteiger partial charge >= 0.3 is 24.3 Å². The van der Waals surface area contributed by atoms with Crippen LogP contribution in [0.1, 0.15) is 26.4 Å². The van der Waals surface area contributed by atoms with E-state index in [0.29, 0.717) is 12.1 Å². The van der Waals surface area contributed by atoms with Gasteiger partial charge in [0.25, 0.3) is 0 Å². The molecule has 0 N–H and O–H groups in total. The Hall–Kier alpha value is -4.03. The first-order valence-corrected chi connectivity index (χ1v) is 9.63. The van der Waals surface area contributed by atoms with E-state index in [-0.39, 0.29) is 16.9 Å².